The van der Waals surface area contributed by atoms with Crippen LogP contribution in [0.4, 0.5) is 0 Å². The Balaban J connectivity index is 2.19. The number of carbonyl (C=O) groups is 2. The first-order valence-corrected chi connectivity index (χ1v) is 4.23. The van der Waals surface area contributed by atoms with Gasteiger partial charge in [0.15, 0.2) is 0 Å². The van der Waals surface area contributed by atoms with Crippen LogP contribution in [0.1, 0.15) is 26.2 Å². The Kier molecular flexibility index (Phi) is 1.38. The molecule has 0 N–H and O–H groups in total. The average molecular weight is 152 g/mol. The van der Waals surface area contributed by atoms with Crippen LogP contribution in [0, 0.1) is 17.8 Å². The molecule has 0 heterocycles. The summed E-state index contributed by atoms with van der Waals surface area (Å²) in [5.74, 6) is 1.69. The molecule has 2 aliphatic carbocycles. The highest BCUT2D eigenvalue weighted by Crippen LogP contribution is 2.43. The predicted octanol–water partition coefficient (Wildman–Crippen LogP) is 1.19. The Morgan fingerprint density at radius 2 is 1.91 bits per heavy atom. The standard InChI is InChI=1S/C9H12O2/c1-5-8-4-7(10)2-6(8)3-9(5)11/h5-6,8H,2-4H2,1H3. The van der Waals surface area contributed by atoms with Crippen molar-refractivity contribution >= 4 is 11.6 Å². The van der Waals surface area contributed by atoms with Crippen molar-refractivity contribution in [1.82, 2.24) is 0 Å². The minimum absolute atomic E-state index is 0.159. The molecule has 0 aromatic heterocycles. The highest BCUT2D eigenvalue weighted by molar-refractivity contribution is 5.89. The summed E-state index contributed by atoms with van der Waals surface area (Å²) in [5, 5.41) is 0. The number of carbonyl (C=O) groups excluding carboxylic acids is 2. The van der Waals surface area contributed by atoms with E-state index in [0.29, 0.717) is 42.7 Å². The summed E-state index contributed by atoms with van der Waals surface area (Å²) in [6.07, 6.45) is 2.00. The van der Waals surface area contributed by atoms with Gasteiger partial charge in [0.05, 0.1) is 0 Å². The minimum Gasteiger partial charge on any atom is -0.300 e. The molecule has 2 saturated carbocycles. The Labute approximate surface area is 66.0 Å². The van der Waals surface area contributed by atoms with Gasteiger partial charge in [-0.3, -0.25) is 9.59 Å². The van der Waals surface area contributed by atoms with Gasteiger partial charge in [0.25, 0.3) is 0 Å². The maximum absolute atomic E-state index is 11.2. The molecule has 2 nitrogen and oxygen atoms in total. The molecule has 0 aliphatic heterocycles. The molecule has 0 aromatic rings. The van der Waals surface area contributed by atoms with E-state index in [-0.39, 0.29) is 5.92 Å². The molecule has 11 heavy (non-hydrogen) atoms. The number of fused-ring (bicyclic) bond motifs is 1. The lowest BCUT2D eigenvalue weighted by atomic mass is 9.93. The molecule has 0 radical (unpaired) electrons. The summed E-state index contributed by atoms with van der Waals surface area (Å²) in [6.45, 7) is 1.96. The summed E-state index contributed by atoms with van der Waals surface area (Å²) in [7, 11) is 0. The predicted molar refractivity (Wildman–Crippen MR) is 40.0 cm³/mol. The van der Waals surface area contributed by atoms with E-state index in [4.69, 9.17) is 0 Å². The largest absolute Gasteiger partial charge is 0.300 e. The van der Waals surface area contributed by atoms with E-state index < -0.39 is 0 Å². The van der Waals surface area contributed by atoms with E-state index >= 15 is 0 Å². The van der Waals surface area contributed by atoms with Gasteiger partial charge in [-0.05, 0) is 11.8 Å². The van der Waals surface area contributed by atoms with Gasteiger partial charge in [-0.15, -0.1) is 0 Å². The van der Waals surface area contributed by atoms with E-state index in [2.05, 4.69) is 0 Å². The molecule has 2 heteroatoms. The first kappa shape index (κ1) is 7.01. The van der Waals surface area contributed by atoms with Gasteiger partial charge in [0.2, 0.25) is 0 Å². The summed E-state index contributed by atoms with van der Waals surface area (Å²) >= 11 is 0. The monoisotopic (exact) mass is 152 g/mol. The summed E-state index contributed by atoms with van der Waals surface area (Å²) < 4.78 is 0. The number of rotatable bonds is 0. The zero-order chi connectivity index (χ0) is 8.01. The van der Waals surface area contributed by atoms with Crippen molar-refractivity contribution in [1.29, 1.82) is 0 Å². The highest BCUT2D eigenvalue weighted by Gasteiger charge is 2.45. The van der Waals surface area contributed by atoms with Crippen molar-refractivity contribution in [2.75, 3.05) is 0 Å². The first-order chi connectivity index (χ1) is 5.18. The Morgan fingerprint density at radius 3 is 2.55 bits per heavy atom. The molecule has 2 fully saturated rings. The van der Waals surface area contributed by atoms with Gasteiger partial charge in [-0.25, -0.2) is 0 Å². The van der Waals surface area contributed by atoms with Gasteiger partial charge in [0.1, 0.15) is 11.6 Å². The lowest BCUT2D eigenvalue weighted by Crippen LogP contribution is -2.10. The van der Waals surface area contributed by atoms with Crippen molar-refractivity contribution in [2.24, 2.45) is 17.8 Å². The second-order valence-electron chi connectivity index (χ2n) is 3.83. The fraction of sp³-hybridized carbons (Fsp3) is 0.778. The second kappa shape index (κ2) is 2.16. The normalized spacial score (nSPS) is 43.2. The van der Waals surface area contributed by atoms with Crippen LogP contribution in [-0.2, 0) is 9.59 Å². The Hall–Kier alpha value is -0.660. The van der Waals surface area contributed by atoms with Crippen molar-refractivity contribution < 1.29 is 9.59 Å². The number of hydrogen-bond acceptors (Lipinski definition) is 2. The third-order valence-corrected chi connectivity index (χ3v) is 3.17. The van der Waals surface area contributed by atoms with Crippen molar-refractivity contribution in [3.8, 4) is 0 Å². The van der Waals surface area contributed by atoms with Crippen LogP contribution in [-0.4, -0.2) is 11.6 Å². The van der Waals surface area contributed by atoms with E-state index in [1.54, 1.807) is 0 Å². The number of Topliss-reactive ketones (excluding diaryl/α,β-unsaturated/α-hetero) is 2. The molecule has 60 valence electrons. The van der Waals surface area contributed by atoms with Gasteiger partial charge in [0, 0.05) is 25.2 Å². The van der Waals surface area contributed by atoms with Crippen LogP contribution < -0.4 is 0 Å². The first-order valence-electron chi connectivity index (χ1n) is 4.23. The molecule has 0 saturated heterocycles. The zero-order valence-electron chi connectivity index (χ0n) is 6.67. The lowest BCUT2D eigenvalue weighted by Gasteiger charge is -2.09. The molecule has 2 aliphatic rings. The maximum Gasteiger partial charge on any atom is 0.136 e. The van der Waals surface area contributed by atoms with Crippen LogP contribution in [0.5, 0.6) is 0 Å². The molecule has 0 bridgehead atoms. The molecule has 0 spiro atoms. The van der Waals surface area contributed by atoms with Gasteiger partial charge in [-0.1, -0.05) is 6.92 Å². The van der Waals surface area contributed by atoms with E-state index in [9.17, 15) is 9.59 Å². The van der Waals surface area contributed by atoms with Crippen LogP contribution in [0.3, 0.4) is 0 Å². The third kappa shape index (κ3) is 0.924. The SMILES string of the molecule is CC1C(=O)CC2CC(=O)CC21. The summed E-state index contributed by atoms with van der Waals surface area (Å²) in [5.41, 5.74) is 0. The fourth-order valence-electron chi connectivity index (χ4n) is 2.45. The van der Waals surface area contributed by atoms with E-state index in [1.807, 2.05) is 6.92 Å². The molecule has 0 amide bonds. The molecule has 3 atom stereocenters. The van der Waals surface area contributed by atoms with E-state index in [0.717, 1.165) is 0 Å². The second-order valence-corrected chi connectivity index (χ2v) is 3.83. The Morgan fingerprint density at radius 1 is 1.18 bits per heavy atom. The van der Waals surface area contributed by atoms with E-state index in [1.165, 1.54) is 0 Å². The average Bonchev–Trinajstić information content (AvgIpc) is 2.37. The smallest absolute Gasteiger partial charge is 0.136 e. The van der Waals surface area contributed by atoms with Crippen molar-refractivity contribution in [2.45, 2.75) is 26.2 Å². The van der Waals surface area contributed by atoms with Crippen molar-refractivity contribution in [3.05, 3.63) is 0 Å². The molecule has 3 unspecified atom stereocenters. The minimum atomic E-state index is 0.159. The molecular weight excluding hydrogens is 140 g/mol. The van der Waals surface area contributed by atoms with Crippen LogP contribution in [0.2, 0.25) is 0 Å². The number of hydrogen-bond donors (Lipinski definition) is 0. The summed E-state index contributed by atoms with van der Waals surface area (Å²) in [6, 6.07) is 0. The summed E-state index contributed by atoms with van der Waals surface area (Å²) in [4.78, 5) is 22.2. The third-order valence-electron chi connectivity index (χ3n) is 3.17. The zero-order valence-corrected chi connectivity index (χ0v) is 6.67. The van der Waals surface area contributed by atoms with Gasteiger partial charge >= 0.3 is 0 Å². The van der Waals surface area contributed by atoms with Gasteiger partial charge < -0.3 is 0 Å². The Bertz CT molecular complexity index is 220. The van der Waals surface area contributed by atoms with Crippen molar-refractivity contribution in [3.63, 3.8) is 0 Å². The lowest BCUT2D eigenvalue weighted by molar-refractivity contribution is -0.122. The molecular formula is C9H12O2. The topological polar surface area (TPSA) is 34.1 Å². The fourth-order valence-corrected chi connectivity index (χ4v) is 2.45. The number of ketones is 2. The van der Waals surface area contributed by atoms with Crippen LogP contribution >= 0.6 is 0 Å². The van der Waals surface area contributed by atoms with Gasteiger partial charge in [-0.2, -0.15) is 0 Å². The molecule has 0 aromatic carbocycles. The molecule has 2 rings (SSSR count). The maximum atomic E-state index is 11.2. The van der Waals surface area contributed by atoms with Crippen LogP contribution in [0.25, 0.3) is 0 Å². The highest BCUT2D eigenvalue weighted by atomic mass is 16.1. The quantitative estimate of drug-likeness (QED) is 0.522. The van der Waals surface area contributed by atoms with Crippen LogP contribution in [0.15, 0.2) is 0 Å².